The second-order valence-corrected chi connectivity index (χ2v) is 3.99. The first-order chi connectivity index (χ1) is 8.56. The fourth-order valence-corrected chi connectivity index (χ4v) is 1.27. The molecule has 0 saturated heterocycles. The van der Waals surface area contributed by atoms with Gasteiger partial charge in [-0.3, -0.25) is 4.79 Å². The Kier molecular flexibility index (Phi) is 5.15. The van der Waals surface area contributed by atoms with E-state index in [0.29, 0.717) is 11.3 Å². The van der Waals surface area contributed by atoms with Gasteiger partial charge in [0.05, 0.1) is 18.2 Å². The van der Waals surface area contributed by atoms with Gasteiger partial charge in [-0.1, -0.05) is 0 Å². The zero-order valence-corrected chi connectivity index (χ0v) is 10.4. The molecule has 0 saturated carbocycles. The Hall–Kier alpha value is -2.06. The number of aliphatic hydroxyl groups excluding tert-OH is 1. The molecule has 0 aliphatic rings. The van der Waals surface area contributed by atoms with E-state index in [-0.39, 0.29) is 18.6 Å². The van der Waals surface area contributed by atoms with E-state index < -0.39 is 6.10 Å². The Balaban J connectivity index is 2.55. The van der Waals surface area contributed by atoms with E-state index in [1.54, 1.807) is 38.1 Å². The van der Waals surface area contributed by atoms with Crippen molar-refractivity contribution < 1.29 is 14.6 Å². The fourth-order valence-electron chi connectivity index (χ4n) is 1.27. The van der Waals surface area contributed by atoms with Crippen molar-refractivity contribution in [2.45, 2.75) is 26.0 Å². The summed E-state index contributed by atoms with van der Waals surface area (Å²) in [5.41, 5.74) is 0.536. The van der Waals surface area contributed by atoms with Crippen molar-refractivity contribution in [3.8, 4) is 11.8 Å². The fraction of sp³-hybridized carbons (Fsp3) is 0.385. The van der Waals surface area contributed by atoms with Crippen LogP contribution in [0, 0.1) is 11.3 Å². The number of benzene rings is 1. The summed E-state index contributed by atoms with van der Waals surface area (Å²) >= 11 is 0. The maximum atomic E-state index is 11.6. The SMILES string of the molecule is CC(CO)NC(=O)C(C)Oc1ccc(C#N)cc1. The molecule has 0 radical (unpaired) electrons. The Morgan fingerprint density at radius 3 is 2.56 bits per heavy atom. The van der Waals surface area contributed by atoms with E-state index in [9.17, 15) is 4.79 Å². The van der Waals surface area contributed by atoms with Crippen LogP contribution in [0.2, 0.25) is 0 Å². The largest absolute Gasteiger partial charge is 0.481 e. The van der Waals surface area contributed by atoms with Crippen LogP contribution >= 0.6 is 0 Å². The van der Waals surface area contributed by atoms with Crippen molar-refractivity contribution in [1.82, 2.24) is 5.32 Å². The number of ether oxygens (including phenoxy) is 1. The van der Waals surface area contributed by atoms with Gasteiger partial charge in [0.1, 0.15) is 5.75 Å². The minimum absolute atomic E-state index is 0.116. The van der Waals surface area contributed by atoms with E-state index in [4.69, 9.17) is 15.1 Å². The van der Waals surface area contributed by atoms with Crippen LogP contribution < -0.4 is 10.1 Å². The highest BCUT2D eigenvalue weighted by molar-refractivity contribution is 5.80. The van der Waals surface area contributed by atoms with Gasteiger partial charge in [-0.2, -0.15) is 5.26 Å². The standard InChI is InChI=1S/C13H16N2O3/c1-9(8-16)15-13(17)10(2)18-12-5-3-11(7-14)4-6-12/h3-6,9-10,16H,8H2,1-2H3,(H,15,17). The van der Waals surface area contributed by atoms with Gasteiger partial charge < -0.3 is 15.2 Å². The lowest BCUT2D eigenvalue weighted by molar-refractivity contribution is -0.128. The van der Waals surface area contributed by atoms with E-state index in [0.717, 1.165) is 0 Å². The van der Waals surface area contributed by atoms with Crippen LogP contribution in [0.25, 0.3) is 0 Å². The molecule has 5 heteroatoms. The second kappa shape index (κ2) is 6.62. The van der Waals surface area contributed by atoms with Crippen LogP contribution in [0.15, 0.2) is 24.3 Å². The number of amides is 1. The summed E-state index contributed by atoms with van der Waals surface area (Å²) in [6.07, 6.45) is -0.660. The summed E-state index contributed by atoms with van der Waals surface area (Å²) in [6, 6.07) is 8.22. The lowest BCUT2D eigenvalue weighted by Crippen LogP contribution is -2.42. The van der Waals surface area contributed by atoms with Crippen LogP contribution in [0.3, 0.4) is 0 Å². The van der Waals surface area contributed by atoms with Gasteiger partial charge in [-0.05, 0) is 38.1 Å². The number of rotatable bonds is 5. The third-order valence-electron chi connectivity index (χ3n) is 2.33. The Bertz CT molecular complexity index is 437. The smallest absolute Gasteiger partial charge is 0.261 e. The molecule has 0 bridgehead atoms. The molecule has 0 spiro atoms. The molecule has 0 aliphatic heterocycles. The van der Waals surface area contributed by atoms with Gasteiger partial charge in [0.25, 0.3) is 5.91 Å². The molecular formula is C13H16N2O3. The zero-order chi connectivity index (χ0) is 13.5. The van der Waals surface area contributed by atoms with Gasteiger partial charge >= 0.3 is 0 Å². The molecule has 0 fully saturated rings. The minimum Gasteiger partial charge on any atom is -0.481 e. The summed E-state index contributed by atoms with van der Waals surface area (Å²) in [6.45, 7) is 3.21. The van der Waals surface area contributed by atoms with E-state index >= 15 is 0 Å². The van der Waals surface area contributed by atoms with Gasteiger partial charge in [0, 0.05) is 6.04 Å². The van der Waals surface area contributed by atoms with Crippen molar-refractivity contribution >= 4 is 5.91 Å². The first-order valence-corrected chi connectivity index (χ1v) is 5.65. The average molecular weight is 248 g/mol. The highest BCUT2D eigenvalue weighted by Gasteiger charge is 2.16. The first-order valence-electron chi connectivity index (χ1n) is 5.65. The maximum absolute atomic E-state index is 11.6. The maximum Gasteiger partial charge on any atom is 0.261 e. The van der Waals surface area contributed by atoms with E-state index in [1.807, 2.05) is 6.07 Å². The third kappa shape index (κ3) is 4.07. The predicted octanol–water partition coefficient (Wildman–Crippen LogP) is 0.823. The molecule has 2 atom stereocenters. The summed E-state index contributed by atoms with van der Waals surface area (Å²) in [5.74, 6) is 0.231. The number of aliphatic hydroxyl groups is 1. The molecule has 2 N–H and O–H groups in total. The summed E-state index contributed by atoms with van der Waals surface area (Å²) in [5, 5.41) is 20.1. The van der Waals surface area contributed by atoms with Crippen LogP contribution in [0.4, 0.5) is 0 Å². The number of nitrogens with one attached hydrogen (secondary N) is 1. The predicted molar refractivity (Wildman–Crippen MR) is 65.9 cm³/mol. The Morgan fingerprint density at radius 1 is 1.44 bits per heavy atom. The van der Waals surface area contributed by atoms with Crippen molar-refractivity contribution in [2.75, 3.05) is 6.61 Å². The molecular weight excluding hydrogens is 232 g/mol. The number of hydrogen-bond donors (Lipinski definition) is 2. The van der Waals surface area contributed by atoms with Crippen molar-refractivity contribution in [3.05, 3.63) is 29.8 Å². The molecule has 1 aromatic rings. The second-order valence-electron chi connectivity index (χ2n) is 3.99. The summed E-state index contributed by atoms with van der Waals surface area (Å²) < 4.78 is 5.42. The zero-order valence-electron chi connectivity index (χ0n) is 10.4. The number of carbonyl (C=O) groups excluding carboxylic acids is 1. The average Bonchev–Trinajstić information content (AvgIpc) is 2.39. The monoisotopic (exact) mass is 248 g/mol. The number of hydrogen-bond acceptors (Lipinski definition) is 4. The highest BCUT2D eigenvalue weighted by atomic mass is 16.5. The van der Waals surface area contributed by atoms with E-state index in [1.165, 1.54) is 0 Å². The minimum atomic E-state index is -0.660. The normalized spacial score (nSPS) is 13.2. The molecule has 18 heavy (non-hydrogen) atoms. The van der Waals surface area contributed by atoms with Crippen LogP contribution in [0.5, 0.6) is 5.75 Å². The van der Waals surface area contributed by atoms with E-state index in [2.05, 4.69) is 5.32 Å². The lowest BCUT2D eigenvalue weighted by atomic mass is 10.2. The van der Waals surface area contributed by atoms with Crippen LogP contribution in [0.1, 0.15) is 19.4 Å². The van der Waals surface area contributed by atoms with Gasteiger partial charge in [-0.25, -0.2) is 0 Å². The molecule has 96 valence electrons. The number of carbonyl (C=O) groups is 1. The molecule has 0 heterocycles. The van der Waals surface area contributed by atoms with Crippen molar-refractivity contribution in [3.63, 3.8) is 0 Å². The van der Waals surface area contributed by atoms with Gasteiger partial charge in [-0.15, -0.1) is 0 Å². The number of nitriles is 1. The first kappa shape index (κ1) is 14.0. The van der Waals surface area contributed by atoms with Crippen LogP contribution in [-0.4, -0.2) is 29.8 Å². The molecule has 5 nitrogen and oxygen atoms in total. The summed E-state index contributed by atoms with van der Waals surface area (Å²) in [7, 11) is 0. The Labute approximate surface area is 106 Å². The van der Waals surface area contributed by atoms with Gasteiger partial charge in [0.2, 0.25) is 0 Å². The van der Waals surface area contributed by atoms with Gasteiger partial charge in [0.15, 0.2) is 6.10 Å². The Morgan fingerprint density at radius 2 is 2.06 bits per heavy atom. The molecule has 1 aromatic carbocycles. The lowest BCUT2D eigenvalue weighted by Gasteiger charge is -2.17. The highest BCUT2D eigenvalue weighted by Crippen LogP contribution is 2.13. The molecule has 0 aromatic heterocycles. The van der Waals surface area contributed by atoms with Crippen molar-refractivity contribution in [1.29, 1.82) is 5.26 Å². The van der Waals surface area contributed by atoms with Crippen LogP contribution in [-0.2, 0) is 4.79 Å². The summed E-state index contributed by atoms with van der Waals surface area (Å²) in [4.78, 5) is 11.6. The quantitative estimate of drug-likeness (QED) is 0.808. The molecule has 2 unspecified atom stereocenters. The number of nitrogens with zero attached hydrogens (tertiary/aromatic N) is 1. The topological polar surface area (TPSA) is 82.3 Å². The molecule has 1 amide bonds. The third-order valence-corrected chi connectivity index (χ3v) is 2.33. The molecule has 0 aliphatic carbocycles. The molecule has 1 rings (SSSR count). The van der Waals surface area contributed by atoms with Crippen molar-refractivity contribution in [2.24, 2.45) is 0 Å².